The zero-order valence-electron chi connectivity index (χ0n) is 15.5. The van der Waals surface area contributed by atoms with Gasteiger partial charge in [0.1, 0.15) is 0 Å². The first kappa shape index (κ1) is 18.4. The Kier molecular flexibility index (Phi) is 6.62. The minimum atomic E-state index is -0.0991. The van der Waals surface area contributed by atoms with Crippen LogP contribution in [0.4, 0.5) is 5.69 Å². The van der Waals surface area contributed by atoms with Gasteiger partial charge in [-0.1, -0.05) is 48.9 Å². The van der Waals surface area contributed by atoms with Crippen molar-refractivity contribution in [2.24, 2.45) is 0 Å². The van der Waals surface area contributed by atoms with Gasteiger partial charge in [-0.3, -0.25) is 4.79 Å². The molecule has 0 aliphatic carbocycles. The molecule has 0 aromatic heterocycles. The Bertz CT molecular complexity index is 739. The number of nitrogens with zero attached hydrogens (tertiary/aromatic N) is 1. The molecule has 136 valence electrons. The molecule has 3 rings (SSSR count). The number of para-hydroxylation sites is 1. The van der Waals surface area contributed by atoms with Crippen LogP contribution in [0.3, 0.4) is 0 Å². The van der Waals surface area contributed by atoms with Gasteiger partial charge in [-0.05, 0) is 68.6 Å². The highest BCUT2D eigenvalue weighted by Crippen LogP contribution is 2.21. The molecular weight excluding hydrogens is 320 g/mol. The number of carbonyl (C=O) groups excluding carboxylic acids is 1. The summed E-state index contributed by atoms with van der Waals surface area (Å²) in [5.74, 6) is -0.0991. The van der Waals surface area contributed by atoms with Crippen LogP contribution in [0.15, 0.2) is 60.7 Å². The molecule has 0 bridgehead atoms. The Morgan fingerprint density at radius 2 is 1.88 bits per heavy atom. The molecule has 0 saturated carbocycles. The number of anilines is 1. The number of likely N-dealkylation sites (tertiary alicyclic amines) is 1. The van der Waals surface area contributed by atoms with Crippen molar-refractivity contribution in [3.63, 3.8) is 0 Å². The van der Waals surface area contributed by atoms with Gasteiger partial charge in [-0.25, -0.2) is 0 Å². The number of rotatable bonds is 6. The normalized spacial score (nSPS) is 18.1. The fourth-order valence-electron chi connectivity index (χ4n) is 3.63. The van der Waals surface area contributed by atoms with Gasteiger partial charge in [-0.15, -0.1) is 0 Å². The minimum Gasteiger partial charge on any atom is -0.323 e. The maximum atomic E-state index is 12.1. The molecule has 0 spiro atoms. The number of benzene rings is 2. The average Bonchev–Trinajstić information content (AvgIpc) is 2.67. The van der Waals surface area contributed by atoms with Gasteiger partial charge in [0.15, 0.2) is 0 Å². The van der Waals surface area contributed by atoms with Crippen molar-refractivity contribution in [3.05, 3.63) is 71.8 Å². The molecule has 2 aromatic carbocycles. The van der Waals surface area contributed by atoms with Crippen molar-refractivity contribution in [2.75, 3.05) is 18.9 Å². The summed E-state index contributed by atoms with van der Waals surface area (Å²) in [5.41, 5.74) is 3.26. The first-order chi connectivity index (χ1) is 12.7. The van der Waals surface area contributed by atoms with E-state index in [1.807, 2.05) is 42.5 Å². The van der Waals surface area contributed by atoms with E-state index >= 15 is 0 Å². The van der Waals surface area contributed by atoms with Crippen LogP contribution in [0.1, 0.15) is 36.8 Å². The maximum Gasteiger partial charge on any atom is 0.248 e. The Balaban J connectivity index is 1.60. The number of hydrogen-bond donors (Lipinski definition) is 1. The maximum absolute atomic E-state index is 12.1. The van der Waals surface area contributed by atoms with Crippen molar-refractivity contribution in [3.8, 4) is 0 Å². The summed E-state index contributed by atoms with van der Waals surface area (Å²) in [7, 11) is 2.24. The zero-order valence-corrected chi connectivity index (χ0v) is 15.5. The molecule has 1 aliphatic rings. The van der Waals surface area contributed by atoms with E-state index in [1.165, 1.54) is 37.8 Å². The lowest BCUT2D eigenvalue weighted by Gasteiger charge is -2.32. The van der Waals surface area contributed by atoms with E-state index in [9.17, 15) is 4.79 Å². The van der Waals surface area contributed by atoms with Gasteiger partial charge in [0.25, 0.3) is 0 Å². The van der Waals surface area contributed by atoms with Crippen LogP contribution in [0.2, 0.25) is 0 Å². The first-order valence-corrected chi connectivity index (χ1v) is 9.54. The Morgan fingerprint density at radius 3 is 2.69 bits per heavy atom. The lowest BCUT2D eigenvalue weighted by molar-refractivity contribution is -0.111. The molecule has 1 atom stereocenters. The van der Waals surface area contributed by atoms with Crippen LogP contribution >= 0.6 is 0 Å². The quantitative estimate of drug-likeness (QED) is 0.764. The van der Waals surface area contributed by atoms with Gasteiger partial charge in [0.2, 0.25) is 5.91 Å². The summed E-state index contributed by atoms with van der Waals surface area (Å²) in [6.45, 7) is 1.21. The molecule has 2 aromatic rings. The van der Waals surface area contributed by atoms with Crippen LogP contribution in [-0.2, 0) is 11.2 Å². The van der Waals surface area contributed by atoms with Gasteiger partial charge in [0, 0.05) is 17.8 Å². The van der Waals surface area contributed by atoms with E-state index in [0.29, 0.717) is 6.04 Å². The third kappa shape index (κ3) is 5.30. The van der Waals surface area contributed by atoms with E-state index in [2.05, 4.69) is 35.5 Å². The molecule has 1 fully saturated rings. The molecule has 1 heterocycles. The predicted octanol–water partition coefficient (Wildman–Crippen LogP) is 4.76. The summed E-state index contributed by atoms with van der Waals surface area (Å²) in [6.07, 6.45) is 9.75. The fraction of sp³-hybridized carbons (Fsp3) is 0.348. The number of nitrogens with one attached hydrogen (secondary N) is 1. The van der Waals surface area contributed by atoms with Gasteiger partial charge >= 0.3 is 0 Å². The lowest BCUT2D eigenvalue weighted by atomic mass is 9.94. The highest BCUT2D eigenvalue weighted by atomic mass is 16.1. The molecule has 1 unspecified atom stereocenters. The van der Waals surface area contributed by atoms with E-state index < -0.39 is 0 Å². The zero-order chi connectivity index (χ0) is 18.2. The topological polar surface area (TPSA) is 32.3 Å². The standard InChI is InChI=1S/C23H28N2O/c1-25-18-8-7-13-22(25)16-14-19-9-5-6-10-20(19)15-17-23(26)24-21-11-3-2-4-12-21/h2-6,9-12,15,17,22H,7-8,13-14,16,18H2,1H3,(H,24,26)/b17-15+. The molecule has 0 radical (unpaired) electrons. The monoisotopic (exact) mass is 348 g/mol. The summed E-state index contributed by atoms with van der Waals surface area (Å²) in [6, 6.07) is 18.6. The van der Waals surface area contributed by atoms with Gasteiger partial charge in [-0.2, -0.15) is 0 Å². The fourth-order valence-corrected chi connectivity index (χ4v) is 3.63. The van der Waals surface area contributed by atoms with Crippen LogP contribution in [0.5, 0.6) is 0 Å². The van der Waals surface area contributed by atoms with Crippen molar-refractivity contribution in [1.29, 1.82) is 0 Å². The molecule has 1 amide bonds. The molecule has 26 heavy (non-hydrogen) atoms. The third-order valence-electron chi connectivity index (χ3n) is 5.18. The van der Waals surface area contributed by atoms with Crippen molar-refractivity contribution in [1.82, 2.24) is 4.90 Å². The minimum absolute atomic E-state index is 0.0991. The summed E-state index contributed by atoms with van der Waals surface area (Å²) >= 11 is 0. The second-order valence-electron chi connectivity index (χ2n) is 7.06. The van der Waals surface area contributed by atoms with Crippen LogP contribution in [0, 0.1) is 0 Å². The third-order valence-corrected chi connectivity index (χ3v) is 5.18. The first-order valence-electron chi connectivity index (χ1n) is 9.54. The highest BCUT2D eigenvalue weighted by Gasteiger charge is 2.18. The number of amides is 1. The average molecular weight is 348 g/mol. The van der Waals surface area contributed by atoms with E-state index in [4.69, 9.17) is 0 Å². The van der Waals surface area contributed by atoms with E-state index in [-0.39, 0.29) is 5.91 Å². The van der Waals surface area contributed by atoms with Crippen molar-refractivity contribution in [2.45, 2.75) is 38.1 Å². The second-order valence-corrected chi connectivity index (χ2v) is 7.06. The van der Waals surface area contributed by atoms with E-state index in [1.54, 1.807) is 6.08 Å². The summed E-state index contributed by atoms with van der Waals surface area (Å²) in [5, 5.41) is 2.89. The van der Waals surface area contributed by atoms with Crippen molar-refractivity contribution < 1.29 is 4.79 Å². The molecular formula is C23H28N2O. The highest BCUT2D eigenvalue weighted by molar-refractivity contribution is 6.01. The number of piperidine rings is 1. The van der Waals surface area contributed by atoms with Crippen LogP contribution in [0.25, 0.3) is 6.08 Å². The van der Waals surface area contributed by atoms with E-state index in [0.717, 1.165) is 17.7 Å². The smallest absolute Gasteiger partial charge is 0.248 e. The van der Waals surface area contributed by atoms with Crippen molar-refractivity contribution >= 4 is 17.7 Å². The molecule has 1 aliphatic heterocycles. The number of aryl methyl sites for hydroxylation is 1. The Hall–Kier alpha value is -2.39. The molecule has 1 saturated heterocycles. The number of carbonyl (C=O) groups is 1. The van der Waals surface area contributed by atoms with Gasteiger partial charge < -0.3 is 10.2 Å². The Morgan fingerprint density at radius 1 is 1.12 bits per heavy atom. The van der Waals surface area contributed by atoms with Crippen LogP contribution < -0.4 is 5.32 Å². The SMILES string of the molecule is CN1CCCCC1CCc1ccccc1/C=C/C(=O)Nc1ccccc1. The largest absolute Gasteiger partial charge is 0.323 e. The Labute approximate surface area is 156 Å². The molecule has 3 nitrogen and oxygen atoms in total. The predicted molar refractivity (Wildman–Crippen MR) is 109 cm³/mol. The number of hydrogen-bond acceptors (Lipinski definition) is 2. The van der Waals surface area contributed by atoms with Gasteiger partial charge in [0.05, 0.1) is 0 Å². The second kappa shape index (κ2) is 9.35. The molecule has 1 N–H and O–H groups in total. The molecule has 3 heteroatoms. The summed E-state index contributed by atoms with van der Waals surface area (Å²) < 4.78 is 0. The van der Waals surface area contributed by atoms with Crippen LogP contribution in [-0.4, -0.2) is 30.4 Å². The lowest BCUT2D eigenvalue weighted by Crippen LogP contribution is -2.36. The summed E-state index contributed by atoms with van der Waals surface area (Å²) in [4.78, 5) is 14.6.